The van der Waals surface area contributed by atoms with Crippen LogP contribution in [-0.2, 0) is 0 Å². The lowest BCUT2D eigenvalue weighted by Crippen LogP contribution is -2.34. The quantitative estimate of drug-likeness (QED) is 0.852. The summed E-state index contributed by atoms with van der Waals surface area (Å²) in [7, 11) is 1.78. The van der Waals surface area contributed by atoms with Gasteiger partial charge in [0, 0.05) is 30.2 Å². The molecule has 0 saturated heterocycles. The van der Waals surface area contributed by atoms with Crippen molar-refractivity contribution in [2.24, 2.45) is 11.7 Å². The van der Waals surface area contributed by atoms with Crippen molar-refractivity contribution in [2.45, 2.75) is 26.3 Å². The molecule has 0 radical (unpaired) electrons. The maximum Gasteiger partial charge on any atom is 0.257 e. The molecule has 1 amide bonds. The fraction of sp³-hybridized carbons (Fsp3) is 0.412. The number of benzene rings is 1. The minimum absolute atomic E-state index is 0.0811. The lowest BCUT2D eigenvalue weighted by atomic mass is 10.0. The van der Waals surface area contributed by atoms with Crippen LogP contribution < -0.4 is 5.73 Å². The minimum atomic E-state index is -0.0929. The van der Waals surface area contributed by atoms with E-state index < -0.39 is 0 Å². The number of nitrogens with two attached hydrogens (primary N) is 1. The highest BCUT2D eigenvalue weighted by molar-refractivity contribution is 6.33. The minimum Gasteiger partial charge on any atom is -0.342 e. The van der Waals surface area contributed by atoms with E-state index in [1.807, 2.05) is 18.2 Å². The van der Waals surface area contributed by atoms with Crippen LogP contribution in [-0.4, -0.2) is 40.6 Å². The number of H-pyrrole nitrogens is 1. The van der Waals surface area contributed by atoms with Gasteiger partial charge in [0.25, 0.3) is 5.91 Å². The number of amides is 1. The van der Waals surface area contributed by atoms with Gasteiger partial charge < -0.3 is 10.6 Å². The van der Waals surface area contributed by atoms with E-state index in [0.29, 0.717) is 28.7 Å². The number of halogens is 1. The summed E-state index contributed by atoms with van der Waals surface area (Å²) in [6.45, 7) is 4.77. The van der Waals surface area contributed by atoms with Crippen molar-refractivity contribution in [3.63, 3.8) is 0 Å². The number of carbonyl (C=O) groups is 1. The van der Waals surface area contributed by atoms with E-state index in [0.717, 1.165) is 12.0 Å². The van der Waals surface area contributed by atoms with Crippen LogP contribution in [0.5, 0.6) is 0 Å². The van der Waals surface area contributed by atoms with Gasteiger partial charge in [-0.1, -0.05) is 43.6 Å². The van der Waals surface area contributed by atoms with Gasteiger partial charge in [0.15, 0.2) is 0 Å². The Kier molecular flexibility index (Phi) is 5.80. The average molecular weight is 335 g/mol. The predicted molar refractivity (Wildman–Crippen MR) is 93.4 cm³/mol. The van der Waals surface area contributed by atoms with Crippen molar-refractivity contribution in [3.8, 4) is 11.3 Å². The molecule has 0 aliphatic rings. The Morgan fingerprint density at radius 1 is 1.39 bits per heavy atom. The molecule has 1 atom stereocenters. The van der Waals surface area contributed by atoms with Crippen LogP contribution in [0.4, 0.5) is 0 Å². The first-order chi connectivity index (χ1) is 10.9. The van der Waals surface area contributed by atoms with Gasteiger partial charge in [-0.15, -0.1) is 0 Å². The Morgan fingerprint density at radius 2 is 2.09 bits per heavy atom. The third-order valence-electron chi connectivity index (χ3n) is 4.01. The summed E-state index contributed by atoms with van der Waals surface area (Å²) in [5.41, 5.74) is 7.97. The van der Waals surface area contributed by atoms with E-state index in [1.165, 1.54) is 0 Å². The first-order valence-electron chi connectivity index (χ1n) is 7.71. The molecule has 1 unspecified atom stereocenters. The highest BCUT2D eigenvalue weighted by Crippen LogP contribution is 2.28. The van der Waals surface area contributed by atoms with Crippen LogP contribution in [0, 0.1) is 5.92 Å². The second-order valence-corrected chi connectivity index (χ2v) is 6.47. The molecule has 5 nitrogen and oxygen atoms in total. The Morgan fingerprint density at radius 3 is 2.74 bits per heavy atom. The molecule has 6 heteroatoms. The maximum absolute atomic E-state index is 12.7. The van der Waals surface area contributed by atoms with Gasteiger partial charge in [0.1, 0.15) is 0 Å². The summed E-state index contributed by atoms with van der Waals surface area (Å²) in [6.07, 6.45) is 2.30. The highest BCUT2D eigenvalue weighted by atomic mass is 35.5. The first kappa shape index (κ1) is 17.5. The van der Waals surface area contributed by atoms with Gasteiger partial charge in [-0.2, -0.15) is 5.10 Å². The predicted octanol–water partition coefficient (Wildman–Crippen LogP) is 3.18. The molecule has 124 valence electrons. The zero-order valence-corrected chi connectivity index (χ0v) is 14.5. The van der Waals surface area contributed by atoms with Gasteiger partial charge in [0.2, 0.25) is 0 Å². The van der Waals surface area contributed by atoms with Crippen LogP contribution in [0.15, 0.2) is 30.5 Å². The fourth-order valence-corrected chi connectivity index (χ4v) is 2.53. The first-order valence-corrected chi connectivity index (χ1v) is 8.09. The second kappa shape index (κ2) is 7.62. The van der Waals surface area contributed by atoms with Gasteiger partial charge in [-0.3, -0.25) is 9.89 Å². The molecule has 2 aromatic rings. The normalized spacial score (nSPS) is 12.4. The number of hydrogen-bond acceptors (Lipinski definition) is 3. The summed E-state index contributed by atoms with van der Waals surface area (Å²) >= 11 is 6.22. The molecular formula is C17H23ClN4O. The van der Waals surface area contributed by atoms with Crippen molar-refractivity contribution < 1.29 is 4.79 Å². The van der Waals surface area contributed by atoms with E-state index in [-0.39, 0.29) is 11.9 Å². The molecule has 0 aliphatic carbocycles. The van der Waals surface area contributed by atoms with Gasteiger partial charge in [0.05, 0.1) is 17.5 Å². The average Bonchev–Trinajstić information content (AvgIpc) is 3.01. The van der Waals surface area contributed by atoms with E-state index in [2.05, 4.69) is 24.0 Å². The third kappa shape index (κ3) is 4.12. The third-order valence-corrected chi connectivity index (χ3v) is 4.34. The van der Waals surface area contributed by atoms with Crippen LogP contribution in [0.3, 0.4) is 0 Å². The summed E-state index contributed by atoms with van der Waals surface area (Å²) in [4.78, 5) is 14.3. The molecule has 1 aromatic carbocycles. The Labute approximate surface area is 141 Å². The van der Waals surface area contributed by atoms with Crippen molar-refractivity contribution in [3.05, 3.63) is 41.0 Å². The number of aromatic amines is 1. The molecule has 0 fully saturated rings. The highest BCUT2D eigenvalue weighted by Gasteiger charge is 2.20. The number of hydrogen-bond donors (Lipinski definition) is 2. The molecule has 3 N–H and O–H groups in total. The van der Waals surface area contributed by atoms with Gasteiger partial charge in [-0.05, 0) is 18.4 Å². The fourth-order valence-electron chi connectivity index (χ4n) is 2.30. The molecule has 2 rings (SSSR count). The largest absolute Gasteiger partial charge is 0.342 e. The number of carbonyl (C=O) groups excluding carboxylic acids is 1. The number of nitrogens with one attached hydrogen (secondary N) is 1. The molecule has 23 heavy (non-hydrogen) atoms. The van der Waals surface area contributed by atoms with Crippen molar-refractivity contribution >= 4 is 17.5 Å². The van der Waals surface area contributed by atoms with Gasteiger partial charge >= 0.3 is 0 Å². The number of aromatic nitrogens is 2. The van der Waals surface area contributed by atoms with Crippen LogP contribution in [0.2, 0.25) is 5.02 Å². The Balaban J connectivity index is 2.15. The van der Waals surface area contributed by atoms with Crippen molar-refractivity contribution in [1.82, 2.24) is 15.1 Å². The lowest BCUT2D eigenvalue weighted by molar-refractivity contribution is 0.0790. The monoisotopic (exact) mass is 334 g/mol. The molecule has 0 spiro atoms. The SMILES string of the molecule is CC(C)C(N)CCN(C)C(=O)c1cn[nH]c1-c1ccccc1Cl. The van der Waals surface area contributed by atoms with E-state index in [4.69, 9.17) is 17.3 Å². The summed E-state index contributed by atoms with van der Waals surface area (Å²) < 4.78 is 0. The smallest absolute Gasteiger partial charge is 0.257 e. The zero-order valence-electron chi connectivity index (χ0n) is 13.7. The summed E-state index contributed by atoms with van der Waals surface area (Å²) in [5, 5.41) is 7.46. The van der Waals surface area contributed by atoms with E-state index in [1.54, 1.807) is 24.2 Å². The number of rotatable bonds is 6. The van der Waals surface area contributed by atoms with Crippen molar-refractivity contribution in [2.75, 3.05) is 13.6 Å². The lowest BCUT2D eigenvalue weighted by Gasteiger charge is -2.21. The zero-order chi connectivity index (χ0) is 17.0. The standard InChI is InChI=1S/C17H23ClN4O/c1-11(2)15(19)8-9-22(3)17(23)13-10-20-21-16(13)12-6-4-5-7-14(12)18/h4-7,10-11,15H,8-9,19H2,1-3H3,(H,20,21). The maximum atomic E-state index is 12.7. The molecule has 0 saturated carbocycles. The van der Waals surface area contributed by atoms with E-state index in [9.17, 15) is 4.79 Å². The molecular weight excluding hydrogens is 312 g/mol. The second-order valence-electron chi connectivity index (χ2n) is 6.06. The number of nitrogens with zero attached hydrogens (tertiary/aromatic N) is 2. The summed E-state index contributed by atoms with van der Waals surface area (Å²) in [6, 6.07) is 7.46. The molecule has 0 bridgehead atoms. The Bertz CT molecular complexity index is 668. The van der Waals surface area contributed by atoms with Crippen LogP contribution >= 0.6 is 11.6 Å². The molecule has 1 aromatic heterocycles. The van der Waals surface area contributed by atoms with Crippen molar-refractivity contribution in [1.29, 1.82) is 0 Å². The van der Waals surface area contributed by atoms with Gasteiger partial charge in [-0.25, -0.2) is 0 Å². The Hall–Kier alpha value is -1.85. The molecule has 1 heterocycles. The topological polar surface area (TPSA) is 75.0 Å². The summed E-state index contributed by atoms with van der Waals surface area (Å²) in [5.74, 6) is 0.302. The van der Waals surface area contributed by atoms with Crippen LogP contribution in [0.1, 0.15) is 30.6 Å². The van der Waals surface area contributed by atoms with E-state index >= 15 is 0 Å². The van der Waals surface area contributed by atoms with Crippen LogP contribution in [0.25, 0.3) is 11.3 Å². The molecule has 0 aliphatic heterocycles.